The molecule has 0 heterocycles. The molecule has 2 aromatic carbocycles. The molecule has 0 spiro atoms. The number of amides is 2. The molecular formula is C23H29N3O7S. The lowest BCUT2D eigenvalue weighted by Crippen LogP contribution is -2.40. The molecule has 2 rings (SSSR count). The zero-order valence-corrected chi connectivity index (χ0v) is 20.3. The summed E-state index contributed by atoms with van der Waals surface area (Å²) in [6.45, 7) is 5.55. The van der Waals surface area contributed by atoms with Gasteiger partial charge in [0.2, 0.25) is 10.0 Å². The van der Waals surface area contributed by atoms with Crippen molar-refractivity contribution in [1.29, 1.82) is 0 Å². The molecule has 0 aliphatic carbocycles. The Morgan fingerprint density at radius 2 is 1.68 bits per heavy atom. The molecule has 0 aliphatic rings. The number of benzene rings is 2. The molecular weight excluding hydrogens is 462 g/mol. The summed E-state index contributed by atoms with van der Waals surface area (Å²) in [5, 5.41) is 2.55. The molecule has 1 atom stereocenters. The summed E-state index contributed by atoms with van der Waals surface area (Å²) in [5.74, 6) is -1.23. The van der Waals surface area contributed by atoms with E-state index < -0.39 is 34.5 Å². The average molecular weight is 492 g/mol. The zero-order valence-electron chi connectivity index (χ0n) is 19.5. The first-order valence-electron chi connectivity index (χ1n) is 10.6. The van der Waals surface area contributed by atoms with Gasteiger partial charge in [0.1, 0.15) is 11.8 Å². The van der Waals surface area contributed by atoms with Crippen LogP contribution in [0.25, 0.3) is 0 Å². The summed E-state index contributed by atoms with van der Waals surface area (Å²) in [6, 6.07) is 10.8. The molecule has 0 unspecified atom stereocenters. The summed E-state index contributed by atoms with van der Waals surface area (Å²) in [5.41, 5.74) is 0.785. The number of esters is 1. The van der Waals surface area contributed by atoms with Gasteiger partial charge in [-0.1, -0.05) is 6.07 Å². The van der Waals surface area contributed by atoms with Gasteiger partial charge in [0, 0.05) is 24.3 Å². The predicted octanol–water partition coefficient (Wildman–Crippen LogP) is 2.03. The summed E-state index contributed by atoms with van der Waals surface area (Å²) >= 11 is 0. The Labute approximate surface area is 199 Å². The molecule has 0 radical (unpaired) electrons. The van der Waals surface area contributed by atoms with Crippen LogP contribution in [0.1, 0.15) is 31.1 Å². The van der Waals surface area contributed by atoms with Crippen molar-refractivity contribution in [3.63, 3.8) is 0 Å². The van der Waals surface area contributed by atoms with Crippen molar-refractivity contribution in [2.45, 2.75) is 31.7 Å². The fraction of sp³-hybridized carbons (Fsp3) is 0.348. The smallest absolute Gasteiger partial charge is 0.324 e. The van der Waals surface area contributed by atoms with E-state index in [1.807, 2.05) is 13.8 Å². The molecule has 0 bridgehead atoms. The number of nitrogens with zero attached hydrogens (tertiary/aromatic N) is 1. The molecule has 2 amide bonds. The van der Waals surface area contributed by atoms with Crippen molar-refractivity contribution >= 4 is 33.5 Å². The lowest BCUT2D eigenvalue weighted by Gasteiger charge is -2.19. The van der Waals surface area contributed by atoms with Gasteiger partial charge < -0.3 is 19.7 Å². The quantitative estimate of drug-likeness (QED) is 0.460. The average Bonchev–Trinajstić information content (AvgIpc) is 2.83. The van der Waals surface area contributed by atoms with E-state index in [1.54, 1.807) is 23.1 Å². The SMILES string of the molecule is CCN(CC)C(=O)c1cccc(NC(=O)COC(=O)[C@H](C)NS(=O)(=O)c2ccc(OC)cc2)c1. The fourth-order valence-electron chi connectivity index (χ4n) is 2.99. The van der Waals surface area contributed by atoms with Gasteiger partial charge in [0.15, 0.2) is 6.61 Å². The van der Waals surface area contributed by atoms with Crippen molar-refractivity contribution < 1.29 is 32.3 Å². The van der Waals surface area contributed by atoms with Crippen LogP contribution in [-0.2, 0) is 24.3 Å². The third kappa shape index (κ3) is 7.29. The predicted molar refractivity (Wildman–Crippen MR) is 126 cm³/mol. The lowest BCUT2D eigenvalue weighted by atomic mass is 10.1. The van der Waals surface area contributed by atoms with Crippen LogP contribution in [-0.4, -0.2) is 63.9 Å². The standard InChI is InChI=1S/C23H29N3O7S/c1-5-26(6-2)22(28)17-8-7-9-18(14-17)24-21(27)15-33-23(29)16(3)25-34(30,31)20-12-10-19(32-4)11-13-20/h7-14,16,25H,5-6,15H2,1-4H3,(H,24,27)/t16-/m0/s1. The molecule has 0 aromatic heterocycles. The maximum absolute atomic E-state index is 12.5. The van der Waals surface area contributed by atoms with Crippen LogP contribution in [0, 0.1) is 0 Å². The molecule has 10 nitrogen and oxygen atoms in total. The van der Waals surface area contributed by atoms with E-state index in [2.05, 4.69) is 10.0 Å². The number of methoxy groups -OCH3 is 1. The normalized spacial score (nSPS) is 11.9. The van der Waals surface area contributed by atoms with Crippen molar-refractivity contribution in [2.75, 3.05) is 32.1 Å². The van der Waals surface area contributed by atoms with Crippen LogP contribution in [0.2, 0.25) is 0 Å². The number of anilines is 1. The first-order valence-corrected chi connectivity index (χ1v) is 12.1. The molecule has 0 aliphatic heterocycles. The Morgan fingerprint density at radius 1 is 1.03 bits per heavy atom. The van der Waals surface area contributed by atoms with E-state index in [9.17, 15) is 22.8 Å². The Morgan fingerprint density at radius 3 is 2.26 bits per heavy atom. The molecule has 0 saturated heterocycles. The second-order valence-corrected chi connectivity index (χ2v) is 8.95. The summed E-state index contributed by atoms with van der Waals surface area (Å²) in [6.07, 6.45) is 0. The number of ether oxygens (including phenoxy) is 2. The van der Waals surface area contributed by atoms with Crippen LogP contribution >= 0.6 is 0 Å². The number of carbonyl (C=O) groups is 3. The molecule has 0 saturated carbocycles. The highest BCUT2D eigenvalue weighted by molar-refractivity contribution is 7.89. The largest absolute Gasteiger partial charge is 0.497 e. The van der Waals surface area contributed by atoms with Crippen LogP contribution in [0.3, 0.4) is 0 Å². The Hall–Kier alpha value is -3.44. The first-order chi connectivity index (χ1) is 16.1. The minimum atomic E-state index is -3.98. The highest BCUT2D eigenvalue weighted by atomic mass is 32.2. The van der Waals surface area contributed by atoms with Gasteiger partial charge in [0.25, 0.3) is 11.8 Å². The summed E-state index contributed by atoms with van der Waals surface area (Å²) in [7, 11) is -2.53. The zero-order chi connectivity index (χ0) is 25.3. The van der Waals surface area contributed by atoms with Crippen molar-refractivity contribution in [1.82, 2.24) is 9.62 Å². The molecule has 0 fully saturated rings. The Kier molecular flexibility index (Phi) is 9.58. The Balaban J connectivity index is 1.91. The second kappa shape index (κ2) is 12.1. The highest BCUT2D eigenvalue weighted by Gasteiger charge is 2.24. The number of carbonyl (C=O) groups excluding carboxylic acids is 3. The number of nitrogens with one attached hydrogen (secondary N) is 2. The third-order valence-electron chi connectivity index (χ3n) is 4.84. The van der Waals surface area contributed by atoms with Gasteiger partial charge >= 0.3 is 5.97 Å². The summed E-state index contributed by atoms with van der Waals surface area (Å²) in [4.78, 5) is 38.5. The van der Waals surface area contributed by atoms with Crippen LogP contribution < -0.4 is 14.8 Å². The molecule has 184 valence electrons. The number of hydrogen-bond donors (Lipinski definition) is 2. The molecule has 2 aromatic rings. The van der Waals surface area contributed by atoms with Crippen molar-refractivity contribution in [2.24, 2.45) is 0 Å². The minimum Gasteiger partial charge on any atom is -0.497 e. The van der Waals surface area contributed by atoms with Crippen LogP contribution in [0.4, 0.5) is 5.69 Å². The van der Waals surface area contributed by atoms with E-state index >= 15 is 0 Å². The fourth-order valence-corrected chi connectivity index (χ4v) is 4.18. The number of sulfonamides is 1. The molecule has 11 heteroatoms. The number of hydrogen-bond acceptors (Lipinski definition) is 7. The van der Waals surface area contributed by atoms with Gasteiger partial charge in [-0.05, 0) is 63.2 Å². The minimum absolute atomic E-state index is 0.0511. The van der Waals surface area contributed by atoms with Crippen molar-refractivity contribution in [3.05, 3.63) is 54.1 Å². The lowest BCUT2D eigenvalue weighted by molar-refractivity contribution is -0.148. The highest BCUT2D eigenvalue weighted by Crippen LogP contribution is 2.16. The van der Waals surface area contributed by atoms with Gasteiger partial charge in [-0.3, -0.25) is 14.4 Å². The number of rotatable bonds is 11. The van der Waals surface area contributed by atoms with E-state index in [0.29, 0.717) is 30.1 Å². The Bertz CT molecular complexity index is 1110. The topological polar surface area (TPSA) is 131 Å². The summed E-state index contributed by atoms with van der Waals surface area (Å²) < 4.78 is 37.0. The first kappa shape index (κ1) is 26.8. The van der Waals surface area contributed by atoms with E-state index in [0.717, 1.165) is 0 Å². The van der Waals surface area contributed by atoms with Gasteiger partial charge in [-0.2, -0.15) is 4.72 Å². The van der Waals surface area contributed by atoms with E-state index in [1.165, 1.54) is 44.4 Å². The third-order valence-corrected chi connectivity index (χ3v) is 6.40. The maximum Gasteiger partial charge on any atom is 0.324 e. The second-order valence-electron chi connectivity index (χ2n) is 7.23. The van der Waals surface area contributed by atoms with Gasteiger partial charge in [0.05, 0.1) is 12.0 Å². The molecule has 2 N–H and O–H groups in total. The van der Waals surface area contributed by atoms with E-state index in [4.69, 9.17) is 9.47 Å². The monoisotopic (exact) mass is 491 g/mol. The van der Waals surface area contributed by atoms with E-state index in [-0.39, 0.29) is 10.8 Å². The van der Waals surface area contributed by atoms with Crippen LogP contribution in [0.5, 0.6) is 5.75 Å². The maximum atomic E-state index is 12.5. The molecule has 34 heavy (non-hydrogen) atoms. The van der Waals surface area contributed by atoms with Gasteiger partial charge in [-0.25, -0.2) is 8.42 Å². The van der Waals surface area contributed by atoms with Crippen molar-refractivity contribution in [3.8, 4) is 5.75 Å². The van der Waals surface area contributed by atoms with Crippen LogP contribution in [0.15, 0.2) is 53.4 Å². The van der Waals surface area contributed by atoms with Gasteiger partial charge in [-0.15, -0.1) is 0 Å².